The molecule has 7 heteroatoms. The Bertz CT molecular complexity index is 829. The smallest absolute Gasteiger partial charge is 0.206 e. The lowest BCUT2D eigenvalue weighted by Gasteiger charge is -2.09. The number of halogens is 4. The van der Waals surface area contributed by atoms with E-state index in [0.29, 0.717) is 0 Å². The highest BCUT2D eigenvalue weighted by Gasteiger charge is 2.18. The van der Waals surface area contributed by atoms with Crippen LogP contribution in [0.2, 0.25) is 5.02 Å². The van der Waals surface area contributed by atoms with Crippen molar-refractivity contribution < 1.29 is 13.2 Å². The Labute approximate surface area is 116 Å². The maximum Gasteiger partial charge on any atom is 0.206 e. The van der Waals surface area contributed by atoms with Gasteiger partial charge in [-0.25, -0.2) is 18.2 Å². The van der Waals surface area contributed by atoms with Crippen molar-refractivity contribution in [3.05, 3.63) is 52.8 Å². The Morgan fingerprint density at radius 3 is 2.55 bits per heavy atom. The topological polar surface area (TPSA) is 43.8 Å². The van der Waals surface area contributed by atoms with Gasteiger partial charge in [0.25, 0.3) is 0 Å². The number of nitrogens with zero attached hydrogens (tertiary/aromatic N) is 2. The second-order valence-electron chi connectivity index (χ2n) is 4.13. The summed E-state index contributed by atoms with van der Waals surface area (Å²) in [6, 6.07) is 5.78. The highest BCUT2D eigenvalue weighted by Crippen LogP contribution is 2.30. The van der Waals surface area contributed by atoms with Crippen molar-refractivity contribution in [2.75, 3.05) is 5.73 Å². The number of rotatable bonds is 1. The number of anilines is 1. The molecule has 0 spiro atoms. The van der Waals surface area contributed by atoms with E-state index in [-0.39, 0.29) is 27.7 Å². The zero-order valence-corrected chi connectivity index (χ0v) is 10.6. The summed E-state index contributed by atoms with van der Waals surface area (Å²) >= 11 is 5.93. The van der Waals surface area contributed by atoms with Crippen LogP contribution in [0.4, 0.5) is 19.1 Å². The van der Waals surface area contributed by atoms with Crippen LogP contribution in [0.15, 0.2) is 30.3 Å². The average molecular weight is 298 g/mol. The molecule has 3 rings (SSSR count). The molecule has 3 aromatic rings. The lowest BCUT2D eigenvalue weighted by molar-refractivity contribution is 0.514. The van der Waals surface area contributed by atoms with Crippen LogP contribution >= 0.6 is 11.6 Å². The van der Waals surface area contributed by atoms with E-state index in [2.05, 4.69) is 4.98 Å². The Kier molecular flexibility index (Phi) is 2.83. The minimum Gasteiger partial charge on any atom is -0.369 e. The van der Waals surface area contributed by atoms with Crippen LogP contribution in [0.25, 0.3) is 16.7 Å². The van der Waals surface area contributed by atoms with Crippen molar-refractivity contribution in [1.82, 2.24) is 9.55 Å². The first-order valence-corrected chi connectivity index (χ1v) is 5.94. The minimum absolute atomic E-state index is 0.0136. The van der Waals surface area contributed by atoms with Gasteiger partial charge in [0.1, 0.15) is 11.3 Å². The molecule has 1 aromatic heterocycles. The van der Waals surface area contributed by atoms with E-state index in [1.165, 1.54) is 12.1 Å². The molecular formula is C13H7ClF3N3. The first-order chi connectivity index (χ1) is 9.49. The molecule has 0 saturated carbocycles. The van der Waals surface area contributed by atoms with Crippen LogP contribution in [-0.2, 0) is 0 Å². The number of nitrogen functional groups attached to an aromatic ring is 1. The molecule has 0 saturated heterocycles. The van der Waals surface area contributed by atoms with Gasteiger partial charge in [-0.2, -0.15) is 0 Å². The van der Waals surface area contributed by atoms with Crippen molar-refractivity contribution in [2.24, 2.45) is 0 Å². The van der Waals surface area contributed by atoms with Crippen molar-refractivity contribution in [2.45, 2.75) is 0 Å². The molecule has 0 unspecified atom stereocenters. The van der Waals surface area contributed by atoms with E-state index >= 15 is 0 Å². The number of imidazole rings is 1. The second kappa shape index (κ2) is 4.42. The van der Waals surface area contributed by atoms with Crippen LogP contribution in [-0.4, -0.2) is 9.55 Å². The summed E-state index contributed by atoms with van der Waals surface area (Å²) in [5, 5.41) is 0.0136. The molecule has 0 aliphatic heterocycles. The Hall–Kier alpha value is -2.21. The molecule has 0 atom stereocenters. The standard InChI is InChI=1S/C13H7ClF3N3/c14-7-5-6(15)1-4-10(7)20-12-9(19-13(20)18)3-2-8(16)11(12)17/h1-5H,(H2,18,19). The molecule has 0 aliphatic carbocycles. The van der Waals surface area contributed by atoms with E-state index in [1.807, 2.05) is 0 Å². The van der Waals surface area contributed by atoms with E-state index in [0.717, 1.165) is 22.8 Å². The SMILES string of the molecule is Nc1nc2ccc(F)c(F)c2n1-c1ccc(F)cc1Cl. The van der Waals surface area contributed by atoms with Crippen molar-refractivity contribution in [3.8, 4) is 5.69 Å². The third kappa shape index (κ3) is 1.80. The fourth-order valence-electron chi connectivity index (χ4n) is 2.03. The van der Waals surface area contributed by atoms with E-state index < -0.39 is 17.5 Å². The molecule has 0 amide bonds. The third-order valence-corrected chi connectivity index (χ3v) is 3.19. The van der Waals surface area contributed by atoms with Gasteiger partial charge in [-0.3, -0.25) is 4.57 Å². The van der Waals surface area contributed by atoms with Crippen LogP contribution in [0.3, 0.4) is 0 Å². The fourth-order valence-corrected chi connectivity index (χ4v) is 2.28. The fraction of sp³-hybridized carbons (Fsp3) is 0. The first kappa shape index (κ1) is 12.8. The van der Waals surface area contributed by atoms with Crippen molar-refractivity contribution in [3.63, 3.8) is 0 Å². The molecule has 2 N–H and O–H groups in total. The molecule has 3 nitrogen and oxygen atoms in total. The Morgan fingerprint density at radius 1 is 1.10 bits per heavy atom. The quantitative estimate of drug-likeness (QED) is 0.744. The monoisotopic (exact) mass is 297 g/mol. The summed E-state index contributed by atoms with van der Waals surface area (Å²) < 4.78 is 41.5. The number of hydrogen-bond donors (Lipinski definition) is 1. The number of hydrogen-bond acceptors (Lipinski definition) is 2. The van der Waals surface area contributed by atoms with Crippen LogP contribution in [0.1, 0.15) is 0 Å². The summed E-state index contributed by atoms with van der Waals surface area (Å²) in [6.07, 6.45) is 0. The van der Waals surface area contributed by atoms with Gasteiger partial charge in [0, 0.05) is 0 Å². The normalized spacial score (nSPS) is 11.2. The van der Waals surface area contributed by atoms with Crippen LogP contribution in [0.5, 0.6) is 0 Å². The molecule has 2 aromatic carbocycles. The largest absolute Gasteiger partial charge is 0.369 e. The van der Waals surface area contributed by atoms with Gasteiger partial charge in [0.2, 0.25) is 5.95 Å². The molecule has 0 aliphatic rings. The zero-order chi connectivity index (χ0) is 14.4. The van der Waals surface area contributed by atoms with Gasteiger partial charge in [-0.15, -0.1) is 0 Å². The molecule has 0 radical (unpaired) electrons. The second-order valence-corrected chi connectivity index (χ2v) is 4.54. The molecule has 1 heterocycles. The number of aromatic nitrogens is 2. The van der Waals surface area contributed by atoms with Gasteiger partial charge in [0.05, 0.1) is 16.2 Å². The minimum atomic E-state index is -1.09. The van der Waals surface area contributed by atoms with Crippen molar-refractivity contribution >= 4 is 28.6 Å². The number of benzene rings is 2. The van der Waals surface area contributed by atoms with Gasteiger partial charge in [0.15, 0.2) is 11.6 Å². The Morgan fingerprint density at radius 2 is 1.85 bits per heavy atom. The van der Waals surface area contributed by atoms with Crippen LogP contribution in [0, 0.1) is 17.5 Å². The highest BCUT2D eigenvalue weighted by atomic mass is 35.5. The predicted octanol–water partition coefficient (Wildman–Crippen LogP) is 3.68. The molecule has 20 heavy (non-hydrogen) atoms. The number of fused-ring (bicyclic) bond motifs is 1. The number of nitrogens with two attached hydrogens (primary N) is 1. The summed E-state index contributed by atoms with van der Waals surface area (Å²) in [5.74, 6) is -2.74. The van der Waals surface area contributed by atoms with Gasteiger partial charge < -0.3 is 5.73 Å². The molecular weight excluding hydrogens is 291 g/mol. The lowest BCUT2D eigenvalue weighted by atomic mass is 10.2. The maximum atomic E-state index is 14.0. The summed E-state index contributed by atoms with van der Waals surface area (Å²) in [5.41, 5.74) is 5.98. The van der Waals surface area contributed by atoms with Gasteiger partial charge in [-0.1, -0.05) is 11.6 Å². The molecule has 0 fully saturated rings. The van der Waals surface area contributed by atoms with E-state index in [9.17, 15) is 13.2 Å². The molecule has 102 valence electrons. The summed E-state index contributed by atoms with van der Waals surface area (Å²) in [6.45, 7) is 0. The first-order valence-electron chi connectivity index (χ1n) is 5.56. The maximum absolute atomic E-state index is 14.0. The van der Waals surface area contributed by atoms with Gasteiger partial charge >= 0.3 is 0 Å². The Balaban J connectivity index is 2.41. The van der Waals surface area contributed by atoms with Crippen molar-refractivity contribution in [1.29, 1.82) is 0 Å². The van der Waals surface area contributed by atoms with E-state index in [4.69, 9.17) is 17.3 Å². The van der Waals surface area contributed by atoms with Gasteiger partial charge in [-0.05, 0) is 30.3 Å². The zero-order valence-electron chi connectivity index (χ0n) is 9.87. The molecule has 0 bridgehead atoms. The highest BCUT2D eigenvalue weighted by molar-refractivity contribution is 6.32. The summed E-state index contributed by atoms with van der Waals surface area (Å²) in [7, 11) is 0. The lowest BCUT2D eigenvalue weighted by Crippen LogP contribution is -2.03. The van der Waals surface area contributed by atoms with E-state index in [1.54, 1.807) is 0 Å². The average Bonchev–Trinajstić information content (AvgIpc) is 2.72. The van der Waals surface area contributed by atoms with Crippen LogP contribution < -0.4 is 5.73 Å². The summed E-state index contributed by atoms with van der Waals surface area (Å²) in [4.78, 5) is 3.94. The third-order valence-electron chi connectivity index (χ3n) is 2.89. The predicted molar refractivity (Wildman–Crippen MR) is 70.4 cm³/mol.